The number of benzene rings is 1. The van der Waals surface area contributed by atoms with Crippen molar-refractivity contribution < 1.29 is 27.9 Å². The van der Waals surface area contributed by atoms with Gasteiger partial charge in [-0.2, -0.15) is 13.2 Å². The topological polar surface area (TPSA) is 78.4 Å². The van der Waals surface area contributed by atoms with E-state index in [1.54, 1.807) is 7.05 Å². The van der Waals surface area contributed by atoms with Crippen LogP contribution in [-0.2, 0) is 22.7 Å². The molecular weight excluding hydrogens is 301 g/mol. The average Bonchev–Trinajstić information content (AvgIpc) is 2.93. The maximum atomic E-state index is 11.5. The lowest BCUT2D eigenvalue weighted by Gasteiger charge is -2.09. The van der Waals surface area contributed by atoms with Crippen molar-refractivity contribution in [1.29, 1.82) is 0 Å². The number of likely N-dealkylation sites (N-methyl/N-ethyl adjacent to an activating group) is 1. The molecule has 1 aromatic carbocycles. The summed E-state index contributed by atoms with van der Waals surface area (Å²) in [4.78, 5) is 20.4. The van der Waals surface area contributed by atoms with E-state index in [-0.39, 0.29) is 5.91 Å². The van der Waals surface area contributed by atoms with Crippen molar-refractivity contribution in [1.82, 2.24) is 10.6 Å². The zero-order valence-electron chi connectivity index (χ0n) is 11.8. The number of nitrogens with one attached hydrogen (secondary N) is 2. The molecule has 120 valence electrons. The molecular formula is C14H15F3N2O3. The number of carbonyl (C=O) groups is 2. The number of hydrogen-bond acceptors (Lipinski definition) is 3. The van der Waals surface area contributed by atoms with Crippen LogP contribution in [0.1, 0.15) is 16.7 Å². The predicted molar refractivity (Wildman–Crippen MR) is 73.8 cm³/mol. The quantitative estimate of drug-likeness (QED) is 0.726. The van der Waals surface area contributed by atoms with Gasteiger partial charge >= 0.3 is 12.1 Å². The molecule has 2 rings (SSSR count). The minimum Gasteiger partial charge on any atom is -0.475 e. The summed E-state index contributed by atoms with van der Waals surface area (Å²) in [6, 6.07) is 5.99. The molecule has 22 heavy (non-hydrogen) atoms. The summed E-state index contributed by atoms with van der Waals surface area (Å²) < 4.78 is 31.7. The number of aliphatic carboxylic acids is 1. The lowest BCUT2D eigenvalue weighted by Crippen LogP contribution is -2.21. The molecule has 0 spiro atoms. The number of amides is 1. The number of carboxylic acids is 1. The second kappa shape index (κ2) is 7.08. The number of carbonyl (C=O) groups excluding carboxylic acids is 1. The Labute approximate surface area is 124 Å². The van der Waals surface area contributed by atoms with Gasteiger partial charge in [0.05, 0.1) is 0 Å². The van der Waals surface area contributed by atoms with Crippen molar-refractivity contribution in [3.63, 3.8) is 0 Å². The molecule has 8 heteroatoms. The van der Waals surface area contributed by atoms with E-state index in [0.29, 0.717) is 5.57 Å². The van der Waals surface area contributed by atoms with Gasteiger partial charge in [0.1, 0.15) is 0 Å². The molecule has 0 aliphatic carbocycles. The largest absolute Gasteiger partial charge is 0.490 e. The second-order valence-electron chi connectivity index (χ2n) is 4.41. The van der Waals surface area contributed by atoms with Crippen molar-refractivity contribution in [3.05, 3.63) is 41.5 Å². The van der Waals surface area contributed by atoms with E-state index in [4.69, 9.17) is 9.90 Å². The molecule has 1 aliphatic rings. The van der Waals surface area contributed by atoms with Crippen molar-refractivity contribution in [2.75, 3.05) is 7.05 Å². The van der Waals surface area contributed by atoms with Crippen LogP contribution in [0.3, 0.4) is 0 Å². The van der Waals surface area contributed by atoms with E-state index in [9.17, 15) is 18.0 Å². The van der Waals surface area contributed by atoms with Crippen LogP contribution in [0, 0.1) is 0 Å². The van der Waals surface area contributed by atoms with Gasteiger partial charge in [0.25, 0.3) is 5.91 Å². The molecule has 1 aromatic rings. The first kappa shape index (κ1) is 17.7. The van der Waals surface area contributed by atoms with Crippen LogP contribution in [0.25, 0.3) is 5.57 Å². The second-order valence-corrected chi connectivity index (χ2v) is 4.41. The Morgan fingerprint density at radius 1 is 1.32 bits per heavy atom. The van der Waals surface area contributed by atoms with E-state index in [2.05, 4.69) is 23.3 Å². The van der Waals surface area contributed by atoms with Crippen molar-refractivity contribution >= 4 is 17.4 Å². The average molecular weight is 316 g/mol. The normalized spacial score (nSPS) is 12.7. The van der Waals surface area contributed by atoms with Crippen molar-refractivity contribution in [2.24, 2.45) is 0 Å². The van der Waals surface area contributed by atoms with Gasteiger partial charge in [-0.25, -0.2) is 4.79 Å². The van der Waals surface area contributed by atoms with E-state index in [0.717, 1.165) is 18.7 Å². The van der Waals surface area contributed by atoms with Gasteiger partial charge in [-0.3, -0.25) is 4.79 Å². The third-order valence-corrected chi connectivity index (χ3v) is 2.96. The minimum absolute atomic E-state index is 0.115. The van der Waals surface area contributed by atoms with Gasteiger partial charge in [-0.1, -0.05) is 24.8 Å². The number of hydrogen-bond donors (Lipinski definition) is 3. The summed E-state index contributed by atoms with van der Waals surface area (Å²) in [6.07, 6.45) is -5.08. The predicted octanol–water partition coefficient (Wildman–Crippen LogP) is 1.68. The SMILES string of the molecule is C=C(C(=O)NC)c1cccc2c1CNC2.O=C(O)C(F)(F)F. The Kier molecular flexibility index (Phi) is 5.69. The molecule has 0 saturated heterocycles. The Balaban J connectivity index is 0.000000295. The first-order valence-corrected chi connectivity index (χ1v) is 6.21. The molecule has 0 aromatic heterocycles. The van der Waals surface area contributed by atoms with Crippen molar-refractivity contribution in [2.45, 2.75) is 19.3 Å². The number of alkyl halides is 3. The monoisotopic (exact) mass is 316 g/mol. The van der Waals surface area contributed by atoms with Crippen LogP contribution < -0.4 is 10.6 Å². The number of carboxylic acid groups (broad SMARTS) is 1. The fourth-order valence-electron chi connectivity index (χ4n) is 1.89. The molecule has 0 saturated carbocycles. The maximum absolute atomic E-state index is 11.5. The highest BCUT2D eigenvalue weighted by Crippen LogP contribution is 2.24. The van der Waals surface area contributed by atoms with Crippen molar-refractivity contribution in [3.8, 4) is 0 Å². The van der Waals surface area contributed by atoms with Crippen LogP contribution in [-0.4, -0.2) is 30.2 Å². The number of fused-ring (bicyclic) bond motifs is 1. The van der Waals surface area contributed by atoms with Crippen LogP contribution in [0.5, 0.6) is 0 Å². The van der Waals surface area contributed by atoms with E-state index >= 15 is 0 Å². The number of rotatable bonds is 2. The third kappa shape index (κ3) is 4.32. The Hall–Kier alpha value is -2.35. The molecule has 1 amide bonds. The standard InChI is InChI=1S/C12H14N2O.C2HF3O2/c1-8(12(15)13-2)10-5-3-4-9-6-14-7-11(9)10;3-2(4,5)1(6)7/h3-5,14H,1,6-7H2,2H3,(H,13,15);(H,6,7). The molecule has 0 atom stereocenters. The lowest BCUT2D eigenvalue weighted by molar-refractivity contribution is -0.192. The Bertz CT molecular complexity index is 597. The third-order valence-electron chi connectivity index (χ3n) is 2.96. The minimum atomic E-state index is -5.08. The van der Waals surface area contributed by atoms with E-state index in [1.807, 2.05) is 12.1 Å². The van der Waals surface area contributed by atoms with Gasteiger partial charge in [-0.15, -0.1) is 0 Å². The first-order valence-electron chi connectivity index (χ1n) is 6.21. The molecule has 0 unspecified atom stereocenters. The van der Waals surface area contributed by atoms with Crippen LogP contribution >= 0.6 is 0 Å². The highest BCUT2D eigenvalue weighted by atomic mass is 19.4. The van der Waals surface area contributed by atoms with Crippen LogP contribution in [0.2, 0.25) is 0 Å². The van der Waals surface area contributed by atoms with Gasteiger partial charge < -0.3 is 15.7 Å². The fourth-order valence-corrected chi connectivity index (χ4v) is 1.89. The van der Waals surface area contributed by atoms with Gasteiger partial charge in [0.15, 0.2) is 0 Å². The first-order chi connectivity index (χ1) is 10.2. The summed E-state index contributed by atoms with van der Waals surface area (Å²) in [7, 11) is 1.62. The van der Waals surface area contributed by atoms with Gasteiger partial charge in [0.2, 0.25) is 0 Å². The zero-order valence-corrected chi connectivity index (χ0v) is 11.8. The van der Waals surface area contributed by atoms with E-state index < -0.39 is 12.1 Å². The zero-order chi connectivity index (χ0) is 16.9. The Morgan fingerprint density at radius 3 is 2.41 bits per heavy atom. The summed E-state index contributed by atoms with van der Waals surface area (Å²) >= 11 is 0. The summed E-state index contributed by atoms with van der Waals surface area (Å²) in [5.41, 5.74) is 3.96. The van der Waals surface area contributed by atoms with Crippen LogP contribution in [0.15, 0.2) is 24.8 Å². The smallest absolute Gasteiger partial charge is 0.475 e. The highest BCUT2D eigenvalue weighted by molar-refractivity contribution is 6.19. The summed E-state index contributed by atoms with van der Waals surface area (Å²) in [6.45, 7) is 5.53. The maximum Gasteiger partial charge on any atom is 0.490 e. The number of halogens is 3. The molecule has 1 aliphatic heterocycles. The molecule has 0 bridgehead atoms. The molecule has 3 N–H and O–H groups in total. The van der Waals surface area contributed by atoms with E-state index in [1.165, 1.54) is 11.1 Å². The molecule has 0 fully saturated rings. The Morgan fingerprint density at radius 2 is 1.91 bits per heavy atom. The highest BCUT2D eigenvalue weighted by Gasteiger charge is 2.38. The molecule has 5 nitrogen and oxygen atoms in total. The summed E-state index contributed by atoms with van der Waals surface area (Å²) in [5.74, 6) is -2.87. The summed E-state index contributed by atoms with van der Waals surface area (Å²) in [5, 5.41) is 13.0. The van der Waals surface area contributed by atoms with Gasteiger partial charge in [0, 0.05) is 25.7 Å². The molecule has 1 heterocycles. The van der Waals surface area contributed by atoms with Crippen LogP contribution in [0.4, 0.5) is 13.2 Å². The lowest BCUT2D eigenvalue weighted by atomic mass is 9.97. The van der Waals surface area contributed by atoms with Gasteiger partial charge in [-0.05, 0) is 16.7 Å². The fraction of sp³-hybridized carbons (Fsp3) is 0.286. The molecule has 0 radical (unpaired) electrons.